The Hall–Kier alpha value is -2.04. The molecule has 0 spiro atoms. The van der Waals surface area contributed by atoms with Crippen molar-refractivity contribution in [1.29, 1.82) is 0 Å². The maximum atomic E-state index is 12.2. The average molecular weight is 365 g/mol. The number of amides is 2. The van der Waals surface area contributed by atoms with E-state index in [-0.39, 0.29) is 24.3 Å². The molecule has 126 valence electrons. The molecule has 2 N–H and O–H groups in total. The van der Waals surface area contributed by atoms with Crippen LogP contribution in [-0.4, -0.2) is 11.8 Å². The molecule has 2 aromatic carbocycles. The predicted molar refractivity (Wildman–Crippen MR) is 97.5 cm³/mol. The molecule has 6 heteroatoms. The van der Waals surface area contributed by atoms with E-state index in [0.29, 0.717) is 15.7 Å². The first-order valence-corrected chi connectivity index (χ1v) is 8.21. The second-order valence-electron chi connectivity index (χ2n) is 5.51. The van der Waals surface area contributed by atoms with Crippen LogP contribution in [0, 0.1) is 0 Å². The lowest BCUT2D eigenvalue weighted by atomic mass is 10.1. The molecule has 24 heavy (non-hydrogen) atoms. The molecular formula is C18H18Cl2N2O2. The summed E-state index contributed by atoms with van der Waals surface area (Å²) >= 11 is 12.0. The van der Waals surface area contributed by atoms with Crippen LogP contribution in [0.25, 0.3) is 0 Å². The van der Waals surface area contributed by atoms with Gasteiger partial charge >= 0.3 is 0 Å². The standard InChI is InChI=1S/C18H18Cl2N2O2/c1-11(16-8-5-14(19)10-17(16)20)21-18(24)9-13-3-6-15(7-4-13)22-12(2)23/h3-8,10-11H,9H2,1-2H3,(H,21,24)(H,22,23). The molecule has 2 rings (SSSR count). The fraction of sp³-hybridized carbons (Fsp3) is 0.222. The summed E-state index contributed by atoms with van der Waals surface area (Å²) < 4.78 is 0. The number of carbonyl (C=O) groups excluding carboxylic acids is 2. The minimum absolute atomic E-state index is 0.110. The van der Waals surface area contributed by atoms with Crippen molar-refractivity contribution in [2.75, 3.05) is 5.32 Å². The molecule has 2 amide bonds. The van der Waals surface area contributed by atoms with E-state index in [1.807, 2.05) is 19.1 Å². The molecule has 2 aromatic rings. The molecule has 0 aliphatic rings. The van der Waals surface area contributed by atoms with Crippen molar-refractivity contribution in [3.05, 3.63) is 63.6 Å². The number of rotatable bonds is 5. The van der Waals surface area contributed by atoms with E-state index in [1.54, 1.807) is 30.3 Å². The van der Waals surface area contributed by atoms with Crippen molar-refractivity contribution >= 4 is 40.7 Å². The molecule has 1 unspecified atom stereocenters. The summed E-state index contributed by atoms with van der Waals surface area (Å²) in [4.78, 5) is 23.2. The molecule has 0 radical (unpaired) electrons. The molecule has 0 aliphatic carbocycles. The Bertz CT molecular complexity index is 745. The average Bonchev–Trinajstić information content (AvgIpc) is 2.48. The van der Waals surface area contributed by atoms with E-state index < -0.39 is 0 Å². The van der Waals surface area contributed by atoms with Gasteiger partial charge in [-0.3, -0.25) is 9.59 Å². The third kappa shape index (κ3) is 5.25. The van der Waals surface area contributed by atoms with Crippen molar-refractivity contribution in [3.8, 4) is 0 Å². The summed E-state index contributed by atoms with van der Waals surface area (Å²) in [7, 11) is 0. The molecule has 1 atom stereocenters. The second-order valence-corrected chi connectivity index (χ2v) is 6.35. The molecule has 0 aromatic heterocycles. The van der Waals surface area contributed by atoms with Crippen LogP contribution in [0.4, 0.5) is 5.69 Å². The Kier molecular flexibility index (Phi) is 6.23. The van der Waals surface area contributed by atoms with Gasteiger partial charge in [0, 0.05) is 22.7 Å². The first-order chi connectivity index (χ1) is 11.3. The Labute approximate surface area is 151 Å². The first-order valence-electron chi connectivity index (χ1n) is 7.46. The molecule has 4 nitrogen and oxygen atoms in total. The lowest BCUT2D eigenvalue weighted by Crippen LogP contribution is -2.28. The zero-order valence-electron chi connectivity index (χ0n) is 13.4. The molecule has 0 heterocycles. The molecule has 0 aliphatic heterocycles. The fourth-order valence-corrected chi connectivity index (χ4v) is 2.89. The van der Waals surface area contributed by atoms with E-state index in [1.165, 1.54) is 6.92 Å². The van der Waals surface area contributed by atoms with Crippen LogP contribution < -0.4 is 10.6 Å². The highest BCUT2D eigenvalue weighted by atomic mass is 35.5. The summed E-state index contributed by atoms with van der Waals surface area (Å²) in [6.07, 6.45) is 0.246. The fourth-order valence-electron chi connectivity index (χ4n) is 2.32. The normalized spacial score (nSPS) is 11.7. The highest BCUT2D eigenvalue weighted by Crippen LogP contribution is 2.26. The number of carbonyl (C=O) groups is 2. The highest BCUT2D eigenvalue weighted by molar-refractivity contribution is 6.35. The van der Waals surface area contributed by atoms with Gasteiger partial charge in [-0.05, 0) is 42.3 Å². The molecule has 0 fully saturated rings. The summed E-state index contributed by atoms with van der Waals surface area (Å²) in [5, 5.41) is 6.68. The zero-order chi connectivity index (χ0) is 17.7. The van der Waals surface area contributed by atoms with Crippen LogP contribution in [0.15, 0.2) is 42.5 Å². The summed E-state index contributed by atoms with van der Waals surface area (Å²) in [6, 6.07) is 12.1. The summed E-state index contributed by atoms with van der Waals surface area (Å²) in [5.41, 5.74) is 2.37. The van der Waals surface area contributed by atoms with Gasteiger partial charge in [-0.1, -0.05) is 41.4 Å². The first kappa shape index (κ1) is 18.3. The van der Waals surface area contributed by atoms with Gasteiger partial charge in [-0.15, -0.1) is 0 Å². The lowest BCUT2D eigenvalue weighted by Gasteiger charge is -2.16. The topological polar surface area (TPSA) is 58.2 Å². The molecule has 0 bridgehead atoms. The number of nitrogens with one attached hydrogen (secondary N) is 2. The largest absolute Gasteiger partial charge is 0.349 e. The van der Waals surface area contributed by atoms with Crippen LogP contribution >= 0.6 is 23.2 Å². The zero-order valence-corrected chi connectivity index (χ0v) is 14.9. The summed E-state index contributed by atoms with van der Waals surface area (Å²) in [5.74, 6) is -0.241. The third-order valence-electron chi connectivity index (χ3n) is 3.45. The maximum Gasteiger partial charge on any atom is 0.224 e. The Morgan fingerprint density at radius 1 is 1.08 bits per heavy atom. The van der Waals surface area contributed by atoms with E-state index in [9.17, 15) is 9.59 Å². The van der Waals surface area contributed by atoms with Gasteiger partial charge in [0.1, 0.15) is 0 Å². The van der Waals surface area contributed by atoms with Crippen LogP contribution in [-0.2, 0) is 16.0 Å². The summed E-state index contributed by atoms with van der Waals surface area (Å²) in [6.45, 7) is 3.32. The van der Waals surface area contributed by atoms with E-state index >= 15 is 0 Å². The van der Waals surface area contributed by atoms with E-state index in [4.69, 9.17) is 23.2 Å². The second kappa shape index (κ2) is 8.18. The molecule has 0 saturated carbocycles. The van der Waals surface area contributed by atoms with Gasteiger partial charge in [0.15, 0.2) is 0 Å². The molecule has 0 saturated heterocycles. The minimum atomic E-state index is -0.221. The number of hydrogen-bond donors (Lipinski definition) is 2. The number of hydrogen-bond acceptors (Lipinski definition) is 2. The monoisotopic (exact) mass is 364 g/mol. The van der Waals surface area contributed by atoms with Gasteiger partial charge in [-0.2, -0.15) is 0 Å². The van der Waals surface area contributed by atoms with Crippen LogP contribution in [0.1, 0.15) is 31.0 Å². The van der Waals surface area contributed by atoms with Crippen molar-refractivity contribution < 1.29 is 9.59 Å². The number of anilines is 1. The van der Waals surface area contributed by atoms with Crippen LogP contribution in [0.5, 0.6) is 0 Å². The Morgan fingerprint density at radius 3 is 2.33 bits per heavy atom. The smallest absolute Gasteiger partial charge is 0.224 e. The van der Waals surface area contributed by atoms with Crippen molar-refractivity contribution in [2.45, 2.75) is 26.3 Å². The van der Waals surface area contributed by atoms with Gasteiger partial charge in [0.2, 0.25) is 11.8 Å². The minimum Gasteiger partial charge on any atom is -0.349 e. The Morgan fingerprint density at radius 2 is 1.75 bits per heavy atom. The number of halogens is 2. The highest BCUT2D eigenvalue weighted by Gasteiger charge is 2.13. The third-order valence-corrected chi connectivity index (χ3v) is 4.01. The van der Waals surface area contributed by atoms with Gasteiger partial charge in [-0.25, -0.2) is 0 Å². The van der Waals surface area contributed by atoms with Crippen LogP contribution in [0.2, 0.25) is 10.0 Å². The SMILES string of the molecule is CC(=O)Nc1ccc(CC(=O)NC(C)c2ccc(Cl)cc2Cl)cc1. The maximum absolute atomic E-state index is 12.2. The van der Waals surface area contributed by atoms with E-state index in [2.05, 4.69) is 10.6 Å². The predicted octanol–water partition coefficient (Wildman–Crippen LogP) is 4.37. The van der Waals surface area contributed by atoms with Crippen molar-refractivity contribution in [3.63, 3.8) is 0 Å². The van der Waals surface area contributed by atoms with Crippen LogP contribution in [0.3, 0.4) is 0 Å². The van der Waals surface area contributed by atoms with E-state index in [0.717, 1.165) is 11.1 Å². The quantitative estimate of drug-likeness (QED) is 0.827. The van der Waals surface area contributed by atoms with Crippen molar-refractivity contribution in [2.24, 2.45) is 0 Å². The van der Waals surface area contributed by atoms with Crippen molar-refractivity contribution in [1.82, 2.24) is 5.32 Å². The Balaban J connectivity index is 1.96. The lowest BCUT2D eigenvalue weighted by molar-refractivity contribution is -0.121. The molecular weight excluding hydrogens is 347 g/mol. The number of benzene rings is 2. The van der Waals surface area contributed by atoms with Gasteiger partial charge in [0.05, 0.1) is 12.5 Å². The van der Waals surface area contributed by atoms with Gasteiger partial charge in [0.25, 0.3) is 0 Å². The van der Waals surface area contributed by atoms with Gasteiger partial charge < -0.3 is 10.6 Å².